The highest BCUT2D eigenvalue weighted by molar-refractivity contribution is 6.02. The van der Waals surface area contributed by atoms with E-state index in [1.165, 1.54) is 12.1 Å². The fourth-order valence-corrected chi connectivity index (χ4v) is 2.94. The number of allylic oxidation sites excluding steroid dienone is 1. The van der Waals surface area contributed by atoms with Crippen molar-refractivity contribution in [2.45, 2.75) is 20.4 Å². The van der Waals surface area contributed by atoms with E-state index >= 15 is 0 Å². The number of nitrogens with one attached hydrogen (secondary N) is 1. The molecule has 0 bridgehead atoms. The fourth-order valence-electron chi connectivity index (χ4n) is 2.94. The maximum atomic E-state index is 12.5. The first-order chi connectivity index (χ1) is 13.8. The van der Waals surface area contributed by atoms with Crippen molar-refractivity contribution in [1.29, 1.82) is 0 Å². The number of anilines is 1. The zero-order chi connectivity index (χ0) is 21.6. The van der Waals surface area contributed by atoms with Crippen LogP contribution >= 0.6 is 0 Å². The molecule has 0 aliphatic rings. The van der Waals surface area contributed by atoms with Crippen molar-refractivity contribution < 1.29 is 24.4 Å². The third-order valence-corrected chi connectivity index (χ3v) is 4.38. The largest absolute Gasteiger partial charge is 0.454 e. The summed E-state index contributed by atoms with van der Waals surface area (Å²) in [4.78, 5) is 35.4. The van der Waals surface area contributed by atoms with E-state index in [0.717, 1.165) is 17.5 Å². The van der Waals surface area contributed by atoms with E-state index in [-0.39, 0.29) is 35.9 Å². The average Bonchev–Trinajstić information content (AvgIpc) is 2.98. The highest BCUT2D eigenvalue weighted by Crippen LogP contribution is 2.23. The van der Waals surface area contributed by atoms with Crippen LogP contribution in [0.2, 0.25) is 0 Å². The number of hydrogen-bond donors (Lipinski definition) is 2. The van der Waals surface area contributed by atoms with Crippen molar-refractivity contribution >= 4 is 23.1 Å². The molecule has 0 saturated carbocycles. The van der Waals surface area contributed by atoms with E-state index in [2.05, 4.69) is 11.9 Å². The minimum Gasteiger partial charge on any atom is -0.454 e. The number of aliphatic hydroxyl groups is 1. The van der Waals surface area contributed by atoms with Crippen LogP contribution in [0.4, 0.5) is 11.4 Å². The molecule has 0 aliphatic carbocycles. The second-order valence-corrected chi connectivity index (χ2v) is 6.32. The predicted molar refractivity (Wildman–Crippen MR) is 107 cm³/mol. The van der Waals surface area contributed by atoms with E-state index in [0.29, 0.717) is 12.1 Å². The predicted octanol–water partition coefficient (Wildman–Crippen LogP) is 2.64. The lowest BCUT2D eigenvalue weighted by atomic mass is 10.1. The quantitative estimate of drug-likeness (QED) is 0.206. The molecule has 0 spiro atoms. The van der Waals surface area contributed by atoms with Gasteiger partial charge in [0.2, 0.25) is 5.78 Å². The number of nitrogens with zero attached hydrogens (tertiary/aromatic N) is 2. The molecule has 2 aromatic rings. The van der Waals surface area contributed by atoms with Gasteiger partial charge in [-0.1, -0.05) is 6.08 Å². The van der Waals surface area contributed by atoms with E-state index in [9.17, 15) is 19.7 Å². The Morgan fingerprint density at radius 1 is 1.31 bits per heavy atom. The van der Waals surface area contributed by atoms with Gasteiger partial charge in [-0.25, -0.2) is 4.79 Å². The monoisotopic (exact) mass is 401 g/mol. The smallest absolute Gasteiger partial charge is 0.340 e. The Morgan fingerprint density at radius 2 is 2.03 bits per heavy atom. The molecule has 154 valence electrons. The van der Waals surface area contributed by atoms with Crippen molar-refractivity contribution in [2.24, 2.45) is 0 Å². The molecule has 0 radical (unpaired) electrons. The minimum atomic E-state index is -0.873. The Hall–Kier alpha value is -3.46. The van der Waals surface area contributed by atoms with Crippen LogP contribution in [0.5, 0.6) is 0 Å². The number of ketones is 1. The number of nitro benzene ring substituents is 1. The van der Waals surface area contributed by atoms with Gasteiger partial charge in [0.1, 0.15) is 0 Å². The van der Waals surface area contributed by atoms with Gasteiger partial charge in [0, 0.05) is 47.9 Å². The Labute approximate surface area is 167 Å². The number of rotatable bonds is 10. The van der Waals surface area contributed by atoms with Crippen molar-refractivity contribution in [3.05, 3.63) is 69.5 Å². The molecule has 0 atom stereocenters. The molecule has 0 fully saturated rings. The summed E-state index contributed by atoms with van der Waals surface area (Å²) in [6, 6.07) is 5.38. The molecule has 2 rings (SSSR count). The van der Waals surface area contributed by atoms with Crippen LogP contribution in [0.1, 0.15) is 32.1 Å². The van der Waals surface area contributed by atoms with Gasteiger partial charge in [0.25, 0.3) is 5.69 Å². The Morgan fingerprint density at radius 3 is 2.66 bits per heavy atom. The van der Waals surface area contributed by atoms with Crippen molar-refractivity contribution in [1.82, 2.24) is 4.57 Å². The molecule has 1 aromatic carbocycles. The summed E-state index contributed by atoms with van der Waals surface area (Å²) in [6.45, 7) is 7.36. The maximum absolute atomic E-state index is 12.5. The van der Waals surface area contributed by atoms with E-state index in [4.69, 9.17) is 9.84 Å². The molecule has 2 N–H and O–H groups in total. The van der Waals surface area contributed by atoms with E-state index in [1.807, 2.05) is 11.5 Å². The van der Waals surface area contributed by atoms with Crippen LogP contribution in [0.25, 0.3) is 0 Å². The summed E-state index contributed by atoms with van der Waals surface area (Å²) in [5.41, 5.74) is 1.96. The van der Waals surface area contributed by atoms with E-state index in [1.54, 1.807) is 19.1 Å². The van der Waals surface area contributed by atoms with Crippen LogP contribution in [-0.4, -0.2) is 46.1 Å². The number of carbonyl (C=O) groups excluding carboxylic acids is 2. The minimum absolute atomic E-state index is 0.0856. The van der Waals surface area contributed by atoms with E-state index < -0.39 is 17.5 Å². The van der Waals surface area contributed by atoms with Crippen molar-refractivity contribution in [3.63, 3.8) is 0 Å². The summed E-state index contributed by atoms with van der Waals surface area (Å²) in [7, 11) is 0. The van der Waals surface area contributed by atoms with Gasteiger partial charge >= 0.3 is 5.97 Å². The summed E-state index contributed by atoms with van der Waals surface area (Å²) in [5.74, 6) is -1.25. The second kappa shape index (κ2) is 9.65. The molecule has 9 nitrogen and oxygen atoms in total. The highest BCUT2D eigenvalue weighted by atomic mass is 16.6. The first-order valence-electron chi connectivity index (χ1n) is 8.91. The van der Waals surface area contributed by atoms with Crippen LogP contribution in [-0.2, 0) is 11.3 Å². The summed E-state index contributed by atoms with van der Waals surface area (Å²) in [6.07, 6.45) is 1.72. The number of nitro groups is 1. The summed E-state index contributed by atoms with van der Waals surface area (Å²) in [5, 5.41) is 22.7. The summed E-state index contributed by atoms with van der Waals surface area (Å²) >= 11 is 0. The number of aryl methyl sites for hydroxylation is 1. The maximum Gasteiger partial charge on any atom is 0.340 e. The normalized spacial score (nSPS) is 10.4. The zero-order valence-electron chi connectivity index (χ0n) is 16.3. The van der Waals surface area contributed by atoms with Crippen molar-refractivity contribution in [2.75, 3.05) is 25.1 Å². The number of non-ortho nitro benzene ring substituents is 1. The lowest BCUT2D eigenvalue weighted by Gasteiger charge is -2.11. The number of benzene rings is 1. The Balaban J connectivity index is 2.19. The molecule has 1 heterocycles. The first-order valence-corrected chi connectivity index (χ1v) is 8.91. The first kappa shape index (κ1) is 21.8. The average molecular weight is 401 g/mol. The van der Waals surface area contributed by atoms with Gasteiger partial charge in [-0.2, -0.15) is 0 Å². The topological polar surface area (TPSA) is 124 Å². The van der Waals surface area contributed by atoms with Crippen LogP contribution < -0.4 is 5.32 Å². The third kappa shape index (κ3) is 5.08. The van der Waals surface area contributed by atoms with Gasteiger partial charge in [0.15, 0.2) is 6.61 Å². The number of hydrogen-bond acceptors (Lipinski definition) is 7. The third-order valence-electron chi connectivity index (χ3n) is 4.38. The van der Waals surface area contributed by atoms with Crippen LogP contribution in [0.15, 0.2) is 36.9 Å². The number of ether oxygens (including phenoxy) is 1. The molecule has 1 aromatic heterocycles. The highest BCUT2D eigenvalue weighted by Gasteiger charge is 2.21. The van der Waals surface area contributed by atoms with Crippen molar-refractivity contribution in [3.8, 4) is 0 Å². The molecule has 0 unspecified atom stereocenters. The molecular formula is C20H23N3O6. The summed E-state index contributed by atoms with van der Waals surface area (Å²) < 4.78 is 7.04. The molecule has 9 heteroatoms. The van der Waals surface area contributed by atoms with Gasteiger partial charge < -0.3 is 19.7 Å². The molecule has 0 amide bonds. The Bertz CT molecular complexity index is 948. The lowest BCUT2D eigenvalue weighted by Crippen LogP contribution is -2.17. The van der Waals surface area contributed by atoms with Crippen LogP contribution in [0, 0.1) is 24.0 Å². The van der Waals surface area contributed by atoms with Gasteiger partial charge in [0.05, 0.1) is 17.1 Å². The number of aromatic nitrogens is 1. The van der Waals surface area contributed by atoms with Gasteiger partial charge in [-0.3, -0.25) is 14.9 Å². The molecule has 0 saturated heterocycles. The number of carbonyl (C=O) groups is 2. The number of aliphatic hydroxyl groups excluding tert-OH is 1. The lowest BCUT2D eigenvalue weighted by molar-refractivity contribution is -0.384. The number of esters is 1. The van der Waals surface area contributed by atoms with Gasteiger partial charge in [-0.15, -0.1) is 6.58 Å². The number of Topliss-reactive ketones (excluding diaryl/α,β-unsaturated/α-hetero) is 1. The van der Waals surface area contributed by atoms with Crippen LogP contribution in [0.3, 0.4) is 0 Å². The SMILES string of the molecule is C=CCn1c(C)cc(C(=O)COC(=O)c2cc([N+](=O)[O-])ccc2NCCO)c1C. The molecule has 29 heavy (non-hydrogen) atoms. The molecular weight excluding hydrogens is 378 g/mol. The zero-order valence-corrected chi connectivity index (χ0v) is 16.3. The second-order valence-electron chi connectivity index (χ2n) is 6.32. The Kier molecular flexibility index (Phi) is 7.27. The molecule has 0 aliphatic heterocycles. The van der Waals surface area contributed by atoms with Gasteiger partial charge in [-0.05, 0) is 26.0 Å². The standard InChI is InChI=1S/C20H23N3O6/c1-4-8-22-13(2)10-16(14(22)3)19(25)12-29-20(26)17-11-15(23(27)28)5-6-18(17)21-7-9-24/h4-6,10-11,21,24H,1,7-9,12H2,2-3H3. The fraction of sp³-hybridized carbons (Fsp3) is 0.300.